The van der Waals surface area contributed by atoms with Gasteiger partial charge < -0.3 is 15.5 Å². The van der Waals surface area contributed by atoms with E-state index in [2.05, 4.69) is 75.3 Å². The number of benzene rings is 1. The molecule has 2 aromatic heterocycles. The number of nitrogens with zero attached hydrogens (tertiary/aromatic N) is 4. The number of anilines is 2. The normalized spacial score (nSPS) is 18.7. The maximum absolute atomic E-state index is 13.5. The number of rotatable bonds is 10. The first-order chi connectivity index (χ1) is 19.2. The van der Waals surface area contributed by atoms with Crippen molar-refractivity contribution in [2.45, 2.75) is 78.3 Å². The fraction of sp³-hybridized carbons (Fsp3) is 0.548. The fourth-order valence-electron chi connectivity index (χ4n) is 5.63. The second-order valence-electron chi connectivity index (χ2n) is 13.0. The lowest BCUT2D eigenvalue weighted by Gasteiger charge is -2.33. The van der Waals surface area contributed by atoms with Gasteiger partial charge >= 0.3 is 0 Å². The molecule has 0 spiro atoms. The van der Waals surface area contributed by atoms with Crippen LogP contribution in [0.5, 0.6) is 0 Å². The van der Waals surface area contributed by atoms with Gasteiger partial charge in [-0.15, -0.1) is 21.5 Å². The minimum absolute atomic E-state index is 0.0474. The summed E-state index contributed by atoms with van der Waals surface area (Å²) in [6, 6.07) is 10.6. The van der Waals surface area contributed by atoms with Crippen LogP contribution in [0.2, 0.25) is 0 Å². The van der Waals surface area contributed by atoms with Gasteiger partial charge in [0.15, 0.2) is 0 Å². The second kappa shape index (κ2) is 11.0. The van der Waals surface area contributed by atoms with Gasteiger partial charge in [0.25, 0.3) is 5.91 Å². The first-order valence-corrected chi connectivity index (χ1v) is 15.5. The molecule has 3 aromatic rings. The van der Waals surface area contributed by atoms with Crippen molar-refractivity contribution in [3.8, 4) is 0 Å². The molecule has 3 aliphatic rings. The molecule has 40 heavy (non-hydrogen) atoms. The van der Waals surface area contributed by atoms with Crippen LogP contribution < -0.4 is 15.5 Å². The van der Waals surface area contributed by atoms with Gasteiger partial charge in [-0.2, -0.15) is 0 Å². The second-order valence-corrected chi connectivity index (χ2v) is 14.1. The number of hydrogen-bond acceptors (Lipinski definition) is 6. The van der Waals surface area contributed by atoms with Crippen LogP contribution in [0.25, 0.3) is 0 Å². The highest BCUT2D eigenvalue weighted by Crippen LogP contribution is 2.43. The SMILES string of the molecule is CC(C)(C)CN(Cc1ccccc1)c1nncn1[C@H]1CCc2sc(NC(=O)C3CC3)c(C(=O)NCC3CC3)c2C1. The van der Waals surface area contributed by atoms with E-state index in [4.69, 9.17) is 0 Å². The zero-order valence-corrected chi connectivity index (χ0v) is 24.6. The Labute approximate surface area is 240 Å². The molecular weight excluding hydrogens is 520 g/mol. The molecule has 9 heteroatoms. The molecule has 6 rings (SSSR count). The molecular formula is C31H40N6O2S. The largest absolute Gasteiger partial charge is 0.352 e. The third kappa shape index (κ3) is 6.24. The summed E-state index contributed by atoms with van der Waals surface area (Å²) in [5.41, 5.74) is 3.05. The molecule has 1 aromatic carbocycles. The van der Waals surface area contributed by atoms with Gasteiger partial charge in [0.05, 0.1) is 5.56 Å². The number of thiophene rings is 1. The molecule has 212 valence electrons. The van der Waals surface area contributed by atoms with Crippen molar-refractivity contribution in [2.75, 3.05) is 23.3 Å². The van der Waals surface area contributed by atoms with Crippen LogP contribution in [0.4, 0.5) is 10.9 Å². The minimum atomic E-state index is -0.0569. The lowest BCUT2D eigenvalue weighted by atomic mass is 9.90. The Hall–Kier alpha value is -3.20. The Kier molecular flexibility index (Phi) is 7.42. The topological polar surface area (TPSA) is 92.2 Å². The fourth-order valence-corrected chi connectivity index (χ4v) is 6.88. The molecule has 2 heterocycles. The van der Waals surface area contributed by atoms with Gasteiger partial charge in [-0.25, -0.2) is 0 Å². The Morgan fingerprint density at radius 2 is 1.88 bits per heavy atom. The van der Waals surface area contributed by atoms with Gasteiger partial charge in [0.2, 0.25) is 11.9 Å². The van der Waals surface area contributed by atoms with E-state index < -0.39 is 0 Å². The third-order valence-electron chi connectivity index (χ3n) is 8.01. The number of amides is 2. The van der Waals surface area contributed by atoms with Crippen LogP contribution in [0.15, 0.2) is 36.7 Å². The predicted molar refractivity (Wildman–Crippen MR) is 159 cm³/mol. The number of fused-ring (bicyclic) bond motifs is 1. The van der Waals surface area contributed by atoms with E-state index in [0.717, 1.165) is 61.7 Å². The van der Waals surface area contributed by atoms with Gasteiger partial charge in [0, 0.05) is 36.5 Å². The smallest absolute Gasteiger partial charge is 0.254 e. The molecule has 0 aliphatic heterocycles. The third-order valence-corrected chi connectivity index (χ3v) is 9.21. The predicted octanol–water partition coefficient (Wildman–Crippen LogP) is 5.61. The standard InChI is InChI=1S/C31H40N6O2S/c1-31(2,3)18-36(17-21-7-5-4-6-8-21)30-35-33-19-37(30)23-13-14-25-24(15-23)26(28(39)32-16-20-9-10-20)29(40-25)34-27(38)22-11-12-22/h4-8,19-20,22-23H,9-18H2,1-3H3,(H,32,39)(H,34,38)/t23-/m0/s1. The van der Waals surface area contributed by atoms with Crippen molar-refractivity contribution in [2.24, 2.45) is 17.3 Å². The van der Waals surface area contributed by atoms with Crippen LogP contribution in [-0.2, 0) is 24.2 Å². The number of carbonyl (C=O) groups is 2. The molecule has 8 nitrogen and oxygen atoms in total. The van der Waals surface area contributed by atoms with Gasteiger partial charge in [-0.05, 0) is 67.4 Å². The number of aromatic nitrogens is 3. The summed E-state index contributed by atoms with van der Waals surface area (Å²) in [7, 11) is 0. The van der Waals surface area contributed by atoms with Crippen molar-refractivity contribution in [3.63, 3.8) is 0 Å². The first-order valence-electron chi connectivity index (χ1n) is 14.7. The van der Waals surface area contributed by atoms with E-state index in [9.17, 15) is 9.59 Å². The zero-order valence-electron chi connectivity index (χ0n) is 23.8. The summed E-state index contributed by atoms with van der Waals surface area (Å²) in [6.45, 7) is 9.03. The lowest BCUT2D eigenvalue weighted by Crippen LogP contribution is -2.35. The molecule has 2 amide bonds. The number of aryl methyl sites for hydroxylation is 1. The highest BCUT2D eigenvalue weighted by atomic mass is 32.1. The lowest BCUT2D eigenvalue weighted by molar-refractivity contribution is -0.117. The first kappa shape index (κ1) is 27.0. The molecule has 2 N–H and O–H groups in total. The number of hydrogen-bond donors (Lipinski definition) is 2. The maximum Gasteiger partial charge on any atom is 0.254 e. The molecule has 0 unspecified atom stereocenters. The monoisotopic (exact) mass is 560 g/mol. The number of carbonyl (C=O) groups excluding carboxylic acids is 2. The molecule has 0 saturated heterocycles. The highest BCUT2D eigenvalue weighted by molar-refractivity contribution is 7.17. The molecule has 1 atom stereocenters. The van der Waals surface area contributed by atoms with Crippen LogP contribution in [0, 0.1) is 17.3 Å². The van der Waals surface area contributed by atoms with Gasteiger partial charge in [-0.1, -0.05) is 51.1 Å². The summed E-state index contributed by atoms with van der Waals surface area (Å²) in [5.74, 6) is 1.54. The number of nitrogens with one attached hydrogen (secondary N) is 2. The van der Waals surface area contributed by atoms with Gasteiger partial charge in [-0.3, -0.25) is 14.2 Å². The molecule has 2 fully saturated rings. The van der Waals surface area contributed by atoms with Crippen LogP contribution in [0.1, 0.15) is 85.3 Å². The molecule has 0 bridgehead atoms. The summed E-state index contributed by atoms with van der Waals surface area (Å²) in [6.07, 6.45) is 8.60. The van der Waals surface area contributed by atoms with Crippen molar-refractivity contribution in [1.29, 1.82) is 0 Å². The Morgan fingerprint density at radius 1 is 1.10 bits per heavy atom. The van der Waals surface area contributed by atoms with Crippen molar-refractivity contribution < 1.29 is 9.59 Å². The van der Waals surface area contributed by atoms with Gasteiger partial charge in [0.1, 0.15) is 11.3 Å². The van der Waals surface area contributed by atoms with Crippen LogP contribution in [0.3, 0.4) is 0 Å². The van der Waals surface area contributed by atoms with Crippen LogP contribution in [-0.4, -0.2) is 39.7 Å². The quantitative estimate of drug-likeness (QED) is 0.336. The Balaban J connectivity index is 1.29. The highest BCUT2D eigenvalue weighted by Gasteiger charge is 2.35. The van der Waals surface area contributed by atoms with E-state index in [-0.39, 0.29) is 29.2 Å². The molecule has 2 saturated carbocycles. The zero-order chi connectivity index (χ0) is 27.9. The van der Waals surface area contributed by atoms with Crippen molar-refractivity contribution in [3.05, 3.63) is 58.2 Å². The average molecular weight is 561 g/mol. The Bertz CT molecular complexity index is 1370. The van der Waals surface area contributed by atoms with E-state index in [0.29, 0.717) is 18.0 Å². The summed E-state index contributed by atoms with van der Waals surface area (Å²) in [4.78, 5) is 29.8. The van der Waals surface area contributed by atoms with Crippen LogP contribution >= 0.6 is 11.3 Å². The van der Waals surface area contributed by atoms with E-state index in [1.807, 2.05) is 12.4 Å². The van der Waals surface area contributed by atoms with Crippen molar-refractivity contribution >= 4 is 34.1 Å². The average Bonchev–Trinajstić information content (AvgIpc) is 3.85. The summed E-state index contributed by atoms with van der Waals surface area (Å²) >= 11 is 1.59. The van der Waals surface area contributed by atoms with Crippen molar-refractivity contribution in [1.82, 2.24) is 20.1 Å². The van der Waals surface area contributed by atoms with E-state index >= 15 is 0 Å². The van der Waals surface area contributed by atoms with E-state index in [1.165, 1.54) is 23.3 Å². The molecule has 3 aliphatic carbocycles. The Morgan fingerprint density at radius 3 is 2.58 bits per heavy atom. The maximum atomic E-state index is 13.5. The summed E-state index contributed by atoms with van der Waals surface area (Å²) < 4.78 is 2.21. The van der Waals surface area contributed by atoms with E-state index in [1.54, 1.807) is 11.3 Å². The molecule has 0 radical (unpaired) electrons. The minimum Gasteiger partial charge on any atom is -0.352 e. The summed E-state index contributed by atoms with van der Waals surface area (Å²) in [5, 5.41) is 16.0.